The minimum absolute atomic E-state index is 0. The maximum Gasteiger partial charge on any atom is 0.311 e. The number of quaternary nitrogens is 1. The van der Waals surface area contributed by atoms with E-state index < -0.39 is 0 Å². The number of esters is 1. The maximum absolute atomic E-state index is 10.6. The van der Waals surface area contributed by atoms with E-state index >= 15 is 0 Å². The Labute approximate surface area is 85.3 Å². The van der Waals surface area contributed by atoms with E-state index in [0.29, 0.717) is 6.42 Å². The highest BCUT2D eigenvalue weighted by Gasteiger charge is 2.10. The third-order valence-electron chi connectivity index (χ3n) is 1.21. The second kappa shape index (κ2) is 5.77. The number of rotatable bonds is 3. The molecule has 0 spiro atoms. The summed E-state index contributed by atoms with van der Waals surface area (Å²) in [5, 5.41) is 0. The van der Waals surface area contributed by atoms with Crippen LogP contribution in [0.1, 0.15) is 6.42 Å². The van der Waals surface area contributed by atoms with E-state index in [1.54, 1.807) is 0 Å². The number of ether oxygens (including phenoxy) is 1. The van der Waals surface area contributed by atoms with Crippen LogP contribution in [0, 0.1) is 0 Å². The normalized spacial score (nSPS) is 10.2. The summed E-state index contributed by atoms with van der Waals surface area (Å²) >= 11 is 0. The zero-order chi connectivity index (χ0) is 8.20. The number of hydrogen-bond acceptors (Lipinski definition) is 2. The van der Waals surface area contributed by atoms with Gasteiger partial charge in [0.15, 0.2) is 0 Å². The van der Waals surface area contributed by atoms with Gasteiger partial charge < -0.3 is 33.2 Å². The molecule has 0 radical (unpaired) electrons. The average Bonchev–Trinajstić information content (AvgIpc) is 1.81. The van der Waals surface area contributed by atoms with Gasteiger partial charge in [0.2, 0.25) is 0 Å². The van der Waals surface area contributed by atoms with Crippen molar-refractivity contribution in [1.29, 1.82) is 0 Å². The van der Waals surface area contributed by atoms with Crippen LogP contribution in [0.25, 0.3) is 0 Å². The number of hydrogen-bond donors (Lipinski definition) is 0. The van der Waals surface area contributed by atoms with Crippen LogP contribution in [0.15, 0.2) is 0 Å². The predicted molar refractivity (Wildman–Crippen MR) is 39.5 cm³/mol. The molecule has 0 bridgehead atoms. The van der Waals surface area contributed by atoms with Crippen LogP contribution in [0.2, 0.25) is 0 Å². The first-order valence-electron chi connectivity index (χ1n) is 3.33. The van der Waals surface area contributed by atoms with Crippen LogP contribution >= 0.6 is 0 Å². The molecule has 3 nitrogen and oxygen atoms in total. The van der Waals surface area contributed by atoms with Gasteiger partial charge in [0, 0.05) is 0 Å². The number of halogens is 1. The van der Waals surface area contributed by atoms with Gasteiger partial charge in [-0.25, -0.2) is 0 Å². The van der Waals surface area contributed by atoms with Gasteiger partial charge in [-0.3, -0.25) is 4.79 Å². The Morgan fingerprint density at radius 3 is 2.09 bits per heavy atom. The van der Waals surface area contributed by atoms with E-state index in [4.69, 9.17) is 0 Å². The summed E-state index contributed by atoms with van der Waals surface area (Å²) in [6.45, 7) is 0.826. The summed E-state index contributed by atoms with van der Waals surface area (Å²) in [7, 11) is 7.55. The minimum Gasteiger partial charge on any atom is -1.00 e. The minimum atomic E-state index is -0.131. The van der Waals surface area contributed by atoms with Crippen molar-refractivity contribution in [2.75, 3.05) is 34.8 Å². The molecule has 0 rings (SSSR count). The molecule has 0 aromatic carbocycles. The first-order valence-corrected chi connectivity index (χ1v) is 3.33. The van der Waals surface area contributed by atoms with E-state index in [1.807, 2.05) is 21.1 Å². The second-order valence-electron chi connectivity index (χ2n) is 3.34. The van der Waals surface area contributed by atoms with Crippen LogP contribution in [0.5, 0.6) is 0 Å². The lowest BCUT2D eigenvalue weighted by molar-refractivity contribution is -0.869. The Morgan fingerprint density at radius 1 is 1.36 bits per heavy atom. The van der Waals surface area contributed by atoms with Gasteiger partial charge in [-0.1, -0.05) is 0 Å². The molecule has 0 saturated carbocycles. The van der Waals surface area contributed by atoms with Gasteiger partial charge in [-0.05, 0) is 0 Å². The highest BCUT2D eigenvalue weighted by Crippen LogP contribution is 1.94. The second-order valence-corrected chi connectivity index (χ2v) is 3.34. The van der Waals surface area contributed by atoms with Gasteiger partial charge >= 0.3 is 5.97 Å². The molecule has 0 saturated heterocycles. The molecule has 0 N–H and O–H groups in total. The first-order chi connectivity index (χ1) is 4.45. The zero-order valence-corrected chi connectivity index (χ0v) is 9.71. The average molecular weight is 273 g/mol. The van der Waals surface area contributed by atoms with Crippen LogP contribution in [-0.2, 0) is 9.53 Å². The molecule has 0 aliphatic carbocycles. The van der Waals surface area contributed by atoms with E-state index in [-0.39, 0.29) is 29.9 Å². The molecule has 0 aliphatic heterocycles. The van der Waals surface area contributed by atoms with Crippen molar-refractivity contribution in [1.82, 2.24) is 0 Å². The van der Waals surface area contributed by atoms with Crippen molar-refractivity contribution in [3.05, 3.63) is 0 Å². The summed E-state index contributed by atoms with van der Waals surface area (Å²) in [5.74, 6) is -0.131. The summed E-state index contributed by atoms with van der Waals surface area (Å²) < 4.78 is 5.30. The molecule has 0 atom stereocenters. The van der Waals surface area contributed by atoms with Gasteiger partial charge in [-0.2, -0.15) is 0 Å². The molecule has 0 heterocycles. The molecule has 0 unspecified atom stereocenters. The Bertz CT molecular complexity index is 120. The first kappa shape index (κ1) is 13.7. The monoisotopic (exact) mass is 273 g/mol. The maximum atomic E-state index is 10.6. The molecule has 68 valence electrons. The number of carbonyl (C=O) groups is 1. The van der Waals surface area contributed by atoms with Gasteiger partial charge in [-0.15, -0.1) is 0 Å². The standard InChI is InChI=1S/C7H16NO2.HI/c1-8(2,3)6-5-7(9)10-4;/h5-6H2,1-4H3;1H/q+1;/p-1. The van der Waals surface area contributed by atoms with Crippen molar-refractivity contribution < 1.29 is 38.0 Å². The molecule has 0 fully saturated rings. The molecule has 4 heteroatoms. The Hall–Kier alpha value is 0.160. The SMILES string of the molecule is COC(=O)CC[N+](C)(C)C.[I-]. The molecular formula is C7H16INO2. The Balaban J connectivity index is 0. The van der Waals surface area contributed by atoms with Gasteiger partial charge in [0.1, 0.15) is 0 Å². The van der Waals surface area contributed by atoms with E-state index in [9.17, 15) is 4.79 Å². The van der Waals surface area contributed by atoms with Crippen molar-refractivity contribution in [3.63, 3.8) is 0 Å². The van der Waals surface area contributed by atoms with Gasteiger partial charge in [0.25, 0.3) is 0 Å². The van der Waals surface area contributed by atoms with Crippen LogP contribution in [-0.4, -0.2) is 45.2 Å². The molecule has 0 aromatic heterocycles. The lowest BCUT2D eigenvalue weighted by Crippen LogP contribution is -3.00. The quantitative estimate of drug-likeness (QED) is 0.317. The van der Waals surface area contributed by atoms with Crippen LogP contribution in [0.4, 0.5) is 0 Å². The summed E-state index contributed by atoms with van der Waals surface area (Å²) in [5.41, 5.74) is 0. The molecular weight excluding hydrogens is 257 g/mol. The summed E-state index contributed by atoms with van der Waals surface area (Å²) in [4.78, 5) is 10.6. The topological polar surface area (TPSA) is 26.3 Å². The fourth-order valence-electron chi connectivity index (χ4n) is 0.529. The third kappa shape index (κ3) is 10.2. The number of carbonyl (C=O) groups excluding carboxylic acids is 1. The fraction of sp³-hybridized carbons (Fsp3) is 0.857. The lowest BCUT2D eigenvalue weighted by Gasteiger charge is -2.22. The fourth-order valence-corrected chi connectivity index (χ4v) is 0.529. The molecule has 0 aliphatic rings. The molecule has 11 heavy (non-hydrogen) atoms. The predicted octanol–water partition coefficient (Wildman–Crippen LogP) is -2.74. The highest BCUT2D eigenvalue weighted by molar-refractivity contribution is 5.69. The highest BCUT2D eigenvalue weighted by atomic mass is 127. The third-order valence-corrected chi connectivity index (χ3v) is 1.21. The lowest BCUT2D eigenvalue weighted by atomic mass is 10.4. The van der Waals surface area contributed by atoms with E-state index in [0.717, 1.165) is 11.0 Å². The van der Waals surface area contributed by atoms with Crippen molar-refractivity contribution in [2.45, 2.75) is 6.42 Å². The summed E-state index contributed by atoms with van der Waals surface area (Å²) in [6.07, 6.45) is 0.500. The number of methoxy groups -OCH3 is 1. The zero-order valence-electron chi connectivity index (χ0n) is 7.56. The van der Waals surface area contributed by atoms with Crippen LogP contribution in [0.3, 0.4) is 0 Å². The van der Waals surface area contributed by atoms with Gasteiger partial charge in [0.05, 0.1) is 41.2 Å². The molecule has 0 amide bonds. The van der Waals surface area contributed by atoms with Crippen molar-refractivity contribution in [3.8, 4) is 0 Å². The smallest absolute Gasteiger partial charge is 0.311 e. The Morgan fingerprint density at radius 2 is 1.82 bits per heavy atom. The largest absolute Gasteiger partial charge is 1.00 e. The van der Waals surface area contributed by atoms with E-state index in [2.05, 4.69) is 4.74 Å². The number of nitrogens with zero attached hydrogens (tertiary/aromatic N) is 1. The summed E-state index contributed by atoms with van der Waals surface area (Å²) in [6, 6.07) is 0. The Kier molecular flexibility index (Phi) is 7.20. The molecule has 0 aromatic rings. The van der Waals surface area contributed by atoms with Crippen LogP contribution < -0.4 is 24.0 Å². The van der Waals surface area contributed by atoms with Crippen molar-refractivity contribution in [2.24, 2.45) is 0 Å². The van der Waals surface area contributed by atoms with Crippen molar-refractivity contribution >= 4 is 5.97 Å². The van der Waals surface area contributed by atoms with E-state index in [1.165, 1.54) is 7.11 Å².